The fourth-order valence-electron chi connectivity index (χ4n) is 1.73. The molecule has 0 aliphatic heterocycles. The zero-order valence-corrected chi connectivity index (χ0v) is 11.3. The standard InChI is InChI=1S/C16H17NO3/c1-19-11-14-7-9-15(10-8-14)17-16(18)20-12-13-5-3-2-4-6-13/h2-10H,11-12H2,1H3,(H,17,18). The lowest BCUT2D eigenvalue weighted by Gasteiger charge is -2.07. The number of ether oxygens (including phenoxy) is 2. The van der Waals surface area contributed by atoms with E-state index in [9.17, 15) is 4.79 Å². The van der Waals surface area contributed by atoms with Crippen molar-refractivity contribution in [1.29, 1.82) is 0 Å². The largest absolute Gasteiger partial charge is 0.444 e. The van der Waals surface area contributed by atoms with Crippen molar-refractivity contribution < 1.29 is 14.3 Å². The molecule has 104 valence electrons. The first-order valence-electron chi connectivity index (χ1n) is 6.33. The second kappa shape index (κ2) is 7.31. The summed E-state index contributed by atoms with van der Waals surface area (Å²) in [6, 6.07) is 17.0. The van der Waals surface area contributed by atoms with E-state index in [-0.39, 0.29) is 6.61 Å². The molecule has 0 heterocycles. The summed E-state index contributed by atoms with van der Waals surface area (Å²) in [6.07, 6.45) is -0.464. The fourth-order valence-corrected chi connectivity index (χ4v) is 1.73. The molecule has 0 unspecified atom stereocenters. The minimum absolute atomic E-state index is 0.258. The molecule has 2 rings (SSSR count). The summed E-state index contributed by atoms with van der Waals surface area (Å²) in [4.78, 5) is 11.6. The predicted octanol–water partition coefficient (Wildman–Crippen LogP) is 3.58. The number of hydrogen-bond donors (Lipinski definition) is 1. The van der Waals surface area contributed by atoms with Crippen LogP contribution in [0.5, 0.6) is 0 Å². The molecule has 20 heavy (non-hydrogen) atoms. The number of methoxy groups -OCH3 is 1. The Morgan fingerprint density at radius 1 is 0.950 bits per heavy atom. The van der Waals surface area contributed by atoms with Crippen molar-refractivity contribution in [3.8, 4) is 0 Å². The number of carbonyl (C=O) groups excluding carboxylic acids is 1. The normalized spacial score (nSPS) is 10.1. The van der Waals surface area contributed by atoms with E-state index in [0.29, 0.717) is 12.3 Å². The Hall–Kier alpha value is -2.33. The van der Waals surface area contributed by atoms with E-state index in [1.165, 1.54) is 0 Å². The van der Waals surface area contributed by atoms with Crippen molar-refractivity contribution in [3.63, 3.8) is 0 Å². The molecule has 4 heteroatoms. The van der Waals surface area contributed by atoms with Gasteiger partial charge < -0.3 is 9.47 Å². The van der Waals surface area contributed by atoms with E-state index >= 15 is 0 Å². The van der Waals surface area contributed by atoms with Crippen molar-refractivity contribution in [2.24, 2.45) is 0 Å². The summed E-state index contributed by atoms with van der Waals surface area (Å²) in [5.41, 5.74) is 2.71. The Bertz CT molecular complexity index is 537. The lowest BCUT2D eigenvalue weighted by Crippen LogP contribution is -2.13. The second-order valence-corrected chi connectivity index (χ2v) is 4.32. The Morgan fingerprint density at radius 3 is 2.25 bits per heavy atom. The van der Waals surface area contributed by atoms with Crippen LogP contribution in [-0.4, -0.2) is 13.2 Å². The lowest BCUT2D eigenvalue weighted by atomic mass is 10.2. The van der Waals surface area contributed by atoms with Crippen LogP contribution in [0.3, 0.4) is 0 Å². The van der Waals surface area contributed by atoms with E-state index in [2.05, 4.69) is 5.32 Å². The minimum Gasteiger partial charge on any atom is -0.444 e. The molecule has 0 saturated carbocycles. The second-order valence-electron chi connectivity index (χ2n) is 4.32. The number of amides is 1. The number of rotatable bonds is 5. The molecule has 2 aromatic rings. The van der Waals surface area contributed by atoms with E-state index in [4.69, 9.17) is 9.47 Å². The SMILES string of the molecule is COCc1ccc(NC(=O)OCc2ccccc2)cc1. The monoisotopic (exact) mass is 271 g/mol. The number of hydrogen-bond acceptors (Lipinski definition) is 3. The summed E-state index contributed by atoms with van der Waals surface area (Å²) in [5.74, 6) is 0. The van der Waals surface area contributed by atoms with Gasteiger partial charge in [-0.15, -0.1) is 0 Å². The Balaban J connectivity index is 1.82. The molecule has 0 aliphatic rings. The van der Waals surface area contributed by atoms with Crippen LogP contribution in [-0.2, 0) is 22.7 Å². The molecule has 2 aromatic carbocycles. The highest BCUT2D eigenvalue weighted by atomic mass is 16.5. The molecule has 0 spiro atoms. The van der Waals surface area contributed by atoms with E-state index in [0.717, 1.165) is 11.1 Å². The van der Waals surface area contributed by atoms with Gasteiger partial charge in [0.1, 0.15) is 6.61 Å². The predicted molar refractivity (Wildman–Crippen MR) is 77.4 cm³/mol. The van der Waals surface area contributed by atoms with E-state index < -0.39 is 6.09 Å². The maximum Gasteiger partial charge on any atom is 0.411 e. The van der Waals surface area contributed by atoms with Gasteiger partial charge in [-0.1, -0.05) is 42.5 Å². The number of benzene rings is 2. The van der Waals surface area contributed by atoms with Gasteiger partial charge >= 0.3 is 6.09 Å². The van der Waals surface area contributed by atoms with E-state index in [1.807, 2.05) is 54.6 Å². The van der Waals surface area contributed by atoms with Gasteiger partial charge in [-0.2, -0.15) is 0 Å². The van der Waals surface area contributed by atoms with Gasteiger partial charge in [0.05, 0.1) is 6.61 Å². The zero-order valence-electron chi connectivity index (χ0n) is 11.3. The molecule has 0 aliphatic carbocycles. The number of carbonyl (C=O) groups is 1. The average Bonchev–Trinajstić information content (AvgIpc) is 2.49. The molecule has 1 amide bonds. The minimum atomic E-state index is -0.464. The molecular weight excluding hydrogens is 254 g/mol. The number of nitrogens with one attached hydrogen (secondary N) is 1. The van der Waals surface area contributed by atoms with Gasteiger partial charge in [-0.25, -0.2) is 4.79 Å². The van der Waals surface area contributed by atoms with Gasteiger partial charge in [-0.3, -0.25) is 5.32 Å². The van der Waals surface area contributed by atoms with Gasteiger partial charge in [0, 0.05) is 12.8 Å². The third-order valence-electron chi connectivity index (χ3n) is 2.72. The van der Waals surface area contributed by atoms with Crippen molar-refractivity contribution in [3.05, 3.63) is 65.7 Å². The maximum absolute atomic E-state index is 11.6. The topological polar surface area (TPSA) is 47.6 Å². The molecule has 1 N–H and O–H groups in total. The molecule has 0 atom stereocenters. The van der Waals surface area contributed by atoms with Crippen molar-refractivity contribution >= 4 is 11.8 Å². The van der Waals surface area contributed by atoms with Gasteiger partial charge in [-0.05, 0) is 23.3 Å². The first kappa shape index (κ1) is 14.1. The van der Waals surface area contributed by atoms with Crippen LogP contribution >= 0.6 is 0 Å². The molecule has 4 nitrogen and oxygen atoms in total. The first-order valence-corrected chi connectivity index (χ1v) is 6.33. The Labute approximate surface area is 118 Å². The van der Waals surface area contributed by atoms with Crippen LogP contribution < -0.4 is 5.32 Å². The fraction of sp³-hybridized carbons (Fsp3) is 0.188. The smallest absolute Gasteiger partial charge is 0.411 e. The van der Waals surface area contributed by atoms with Crippen molar-refractivity contribution in [1.82, 2.24) is 0 Å². The number of anilines is 1. The van der Waals surface area contributed by atoms with E-state index in [1.54, 1.807) is 7.11 Å². The highest BCUT2D eigenvalue weighted by molar-refractivity contribution is 5.84. The first-order chi connectivity index (χ1) is 9.78. The molecular formula is C16H17NO3. The van der Waals surface area contributed by atoms with Gasteiger partial charge in [0.2, 0.25) is 0 Å². The summed E-state index contributed by atoms with van der Waals surface area (Å²) in [7, 11) is 1.65. The summed E-state index contributed by atoms with van der Waals surface area (Å²) in [5, 5.41) is 2.68. The molecule has 0 saturated heterocycles. The summed E-state index contributed by atoms with van der Waals surface area (Å²) in [6.45, 7) is 0.813. The molecule has 0 aromatic heterocycles. The van der Waals surface area contributed by atoms with Crippen LogP contribution in [0.4, 0.5) is 10.5 Å². The molecule has 0 bridgehead atoms. The molecule has 0 radical (unpaired) electrons. The van der Waals surface area contributed by atoms with Crippen LogP contribution in [0, 0.1) is 0 Å². The highest BCUT2D eigenvalue weighted by Gasteiger charge is 2.03. The third-order valence-corrected chi connectivity index (χ3v) is 2.72. The van der Waals surface area contributed by atoms with Gasteiger partial charge in [0.15, 0.2) is 0 Å². The third kappa shape index (κ3) is 4.40. The van der Waals surface area contributed by atoms with Crippen molar-refractivity contribution in [2.45, 2.75) is 13.2 Å². The van der Waals surface area contributed by atoms with Crippen LogP contribution in [0.1, 0.15) is 11.1 Å². The highest BCUT2D eigenvalue weighted by Crippen LogP contribution is 2.11. The zero-order chi connectivity index (χ0) is 14.2. The Kier molecular flexibility index (Phi) is 5.15. The quantitative estimate of drug-likeness (QED) is 0.904. The van der Waals surface area contributed by atoms with Crippen LogP contribution in [0.2, 0.25) is 0 Å². The van der Waals surface area contributed by atoms with Crippen LogP contribution in [0.25, 0.3) is 0 Å². The summed E-state index contributed by atoms with van der Waals surface area (Å²) < 4.78 is 10.2. The van der Waals surface area contributed by atoms with Crippen LogP contribution in [0.15, 0.2) is 54.6 Å². The lowest BCUT2D eigenvalue weighted by molar-refractivity contribution is 0.155. The summed E-state index contributed by atoms with van der Waals surface area (Å²) >= 11 is 0. The average molecular weight is 271 g/mol. The maximum atomic E-state index is 11.6. The van der Waals surface area contributed by atoms with Crippen molar-refractivity contribution in [2.75, 3.05) is 12.4 Å². The van der Waals surface area contributed by atoms with Gasteiger partial charge in [0.25, 0.3) is 0 Å². The molecule has 0 fully saturated rings. The Morgan fingerprint density at radius 2 is 1.60 bits per heavy atom.